The summed E-state index contributed by atoms with van der Waals surface area (Å²) in [7, 11) is 2.82. The summed E-state index contributed by atoms with van der Waals surface area (Å²) in [5, 5.41) is 0. The Morgan fingerprint density at radius 1 is 1.12 bits per heavy atom. The van der Waals surface area contributed by atoms with Crippen molar-refractivity contribution in [3.63, 3.8) is 0 Å². The maximum atomic E-state index is 9.56. The van der Waals surface area contributed by atoms with E-state index in [1.807, 2.05) is 6.07 Å². The molecular formula is C11H20NO3S+. The summed E-state index contributed by atoms with van der Waals surface area (Å²) in [6.45, 7) is 1.37. The Kier molecular flexibility index (Phi) is 5.64. The Labute approximate surface area is 97.9 Å². The van der Waals surface area contributed by atoms with Gasteiger partial charge in [0.05, 0.1) is 26.9 Å². The molecule has 0 heterocycles. The van der Waals surface area contributed by atoms with Crippen LogP contribution in [0, 0.1) is 0 Å². The molecule has 5 heteroatoms. The fraction of sp³-hybridized carbons (Fsp3) is 0.455. The fourth-order valence-electron chi connectivity index (χ4n) is 0.875. The van der Waals surface area contributed by atoms with Gasteiger partial charge in [-0.3, -0.25) is 9.04 Å². The van der Waals surface area contributed by atoms with Gasteiger partial charge in [-0.1, -0.05) is 18.2 Å². The molecule has 0 aliphatic heterocycles. The van der Waals surface area contributed by atoms with E-state index >= 15 is 0 Å². The Bertz CT molecular complexity index is 393. The zero-order valence-electron chi connectivity index (χ0n) is 10.2. The van der Waals surface area contributed by atoms with Crippen LogP contribution in [-0.2, 0) is 10.1 Å². The van der Waals surface area contributed by atoms with Crippen LogP contribution in [0.4, 0.5) is 5.69 Å². The van der Waals surface area contributed by atoms with Gasteiger partial charge in [0.15, 0.2) is 0 Å². The highest BCUT2D eigenvalue weighted by Crippen LogP contribution is 2.14. The van der Waals surface area contributed by atoms with Crippen molar-refractivity contribution >= 4 is 15.8 Å². The predicted octanol–water partition coefficient (Wildman–Crippen LogP) is 1.78. The van der Waals surface area contributed by atoms with Crippen LogP contribution < -0.4 is 4.48 Å². The van der Waals surface area contributed by atoms with Crippen molar-refractivity contribution in [2.45, 2.75) is 6.92 Å². The highest BCUT2D eigenvalue weighted by atomic mass is 32.2. The third kappa shape index (κ3) is 7.39. The molecule has 0 aliphatic carbocycles. The quantitative estimate of drug-likeness (QED) is 0.639. The van der Waals surface area contributed by atoms with Crippen molar-refractivity contribution in [2.24, 2.45) is 0 Å². The van der Waals surface area contributed by atoms with Crippen LogP contribution in [-0.4, -0.2) is 39.9 Å². The van der Waals surface area contributed by atoms with E-state index < -0.39 is 10.1 Å². The van der Waals surface area contributed by atoms with Gasteiger partial charge in [-0.2, -0.15) is 8.42 Å². The number of hydrogen-bond acceptors (Lipinski definition) is 2. The monoisotopic (exact) mass is 246 g/mol. The van der Waals surface area contributed by atoms with Crippen LogP contribution in [0.1, 0.15) is 6.92 Å². The summed E-state index contributed by atoms with van der Waals surface area (Å²) in [5.74, 6) is -0.201. The Morgan fingerprint density at radius 2 is 1.50 bits per heavy atom. The van der Waals surface area contributed by atoms with Gasteiger partial charge < -0.3 is 0 Å². The van der Waals surface area contributed by atoms with Gasteiger partial charge in [-0.25, -0.2) is 0 Å². The molecule has 0 bridgehead atoms. The topological polar surface area (TPSA) is 54.4 Å². The van der Waals surface area contributed by atoms with Crippen molar-refractivity contribution in [3.8, 4) is 0 Å². The minimum Gasteiger partial charge on any atom is -0.298 e. The third-order valence-electron chi connectivity index (χ3n) is 1.90. The molecule has 1 aromatic carbocycles. The molecule has 4 nitrogen and oxygen atoms in total. The summed E-state index contributed by atoms with van der Waals surface area (Å²) in [6.07, 6.45) is 0. The first kappa shape index (κ1) is 15.1. The van der Waals surface area contributed by atoms with E-state index in [0.29, 0.717) is 0 Å². The normalized spacial score (nSPS) is 11.6. The largest absolute Gasteiger partial charge is 0.298 e. The molecule has 0 aliphatic rings. The maximum absolute atomic E-state index is 9.56. The second kappa shape index (κ2) is 5.98. The molecule has 1 N–H and O–H groups in total. The zero-order valence-corrected chi connectivity index (χ0v) is 11.0. The average molecular weight is 246 g/mol. The second-order valence-corrected chi connectivity index (χ2v) is 5.96. The second-order valence-electron chi connectivity index (χ2n) is 4.22. The van der Waals surface area contributed by atoms with Crippen molar-refractivity contribution in [2.75, 3.05) is 26.9 Å². The number of hydrogen-bond donors (Lipinski definition) is 1. The van der Waals surface area contributed by atoms with E-state index in [2.05, 4.69) is 45.4 Å². The molecule has 0 fully saturated rings. The molecule has 0 saturated carbocycles. The lowest BCUT2D eigenvalue weighted by molar-refractivity contribution is 0.484. The molecule has 16 heavy (non-hydrogen) atoms. The van der Waals surface area contributed by atoms with E-state index in [0.717, 1.165) is 4.48 Å². The summed E-state index contributed by atoms with van der Waals surface area (Å²) in [5.41, 5.74) is 1.34. The van der Waals surface area contributed by atoms with Crippen LogP contribution in [0.15, 0.2) is 30.3 Å². The van der Waals surface area contributed by atoms with E-state index in [4.69, 9.17) is 4.55 Å². The third-order valence-corrected chi connectivity index (χ3v) is 2.63. The van der Waals surface area contributed by atoms with Gasteiger partial charge in [0.25, 0.3) is 10.1 Å². The van der Waals surface area contributed by atoms with Gasteiger partial charge in [-0.15, -0.1) is 0 Å². The van der Waals surface area contributed by atoms with E-state index in [-0.39, 0.29) is 5.75 Å². The molecular weight excluding hydrogens is 226 g/mol. The van der Waals surface area contributed by atoms with Crippen LogP contribution in [0.25, 0.3) is 0 Å². The first-order chi connectivity index (χ1) is 7.17. The zero-order chi connectivity index (χ0) is 12.8. The molecule has 0 unspecified atom stereocenters. The first-order valence-electron chi connectivity index (χ1n) is 4.99. The van der Waals surface area contributed by atoms with Crippen LogP contribution >= 0.6 is 0 Å². The average Bonchev–Trinajstić information content (AvgIpc) is 2.18. The highest BCUT2D eigenvalue weighted by Gasteiger charge is 2.08. The summed E-state index contributed by atoms with van der Waals surface area (Å²) in [4.78, 5) is 0. The Balaban J connectivity index is 0.000000325. The first-order valence-corrected chi connectivity index (χ1v) is 6.60. The Hall–Kier alpha value is -0.910. The van der Waals surface area contributed by atoms with Gasteiger partial charge in [0.1, 0.15) is 5.69 Å². The maximum Gasteiger partial charge on any atom is 0.264 e. The molecule has 0 saturated heterocycles. The van der Waals surface area contributed by atoms with E-state index in [1.54, 1.807) is 0 Å². The number of quaternary nitrogens is 1. The van der Waals surface area contributed by atoms with Crippen LogP contribution in [0.3, 0.4) is 0 Å². The standard InChI is InChI=1S/C9H14N.C2H6O3S/c1-10(2,3)9-7-5-4-6-8-9;1-2-6(3,4)5/h4-8H,1-3H3;2H2,1H3,(H,3,4,5)/q+1;. The molecule has 0 spiro atoms. The number of rotatable bonds is 2. The van der Waals surface area contributed by atoms with Crippen molar-refractivity contribution < 1.29 is 13.0 Å². The van der Waals surface area contributed by atoms with E-state index in [9.17, 15) is 8.42 Å². The number of para-hydroxylation sites is 1. The lowest BCUT2D eigenvalue weighted by Gasteiger charge is -2.22. The predicted molar refractivity (Wildman–Crippen MR) is 68.1 cm³/mol. The molecule has 0 radical (unpaired) electrons. The van der Waals surface area contributed by atoms with Crippen LogP contribution in [0.5, 0.6) is 0 Å². The highest BCUT2D eigenvalue weighted by molar-refractivity contribution is 7.85. The molecule has 0 atom stereocenters. The molecule has 0 aromatic heterocycles. The van der Waals surface area contributed by atoms with Gasteiger partial charge in [0.2, 0.25) is 0 Å². The van der Waals surface area contributed by atoms with Crippen molar-refractivity contribution in [3.05, 3.63) is 30.3 Å². The fourth-order valence-corrected chi connectivity index (χ4v) is 0.875. The van der Waals surface area contributed by atoms with Crippen LogP contribution in [0.2, 0.25) is 0 Å². The summed E-state index contributed by atoms with van der Waals surface area (Å²) < 4.78 is 27.8. The Morgan fingerprint density at radius 3 is 1.69 bits per heavy atom. The lowest BCUT2D eigenvalue weighted by Crippen LogP contribution is -2.34. The van der Waals surface area contributed by atoms with Gasteiger partial charge >= 0.3 is 0 Å². The van der Waals surface area contributed by atoms with Gasteiger partial charge in [0, 0.05) is 0 Å². The van der Waals surface area contributed by atoms with E-state index in [1.165, 1.54) is 12.6 Å². The lowest BCUT2D eigenvalue weighted by atomic mass is 10.3. The number of nitrogens with zero attached hydrogens (tertiary/aromatic N) is 1. The minimum atomic E-state index is -3.66. The summed E-state index contributed by atoms with van der Waals surface area (Å²) >= 11 is 0. The molecule has 92 valence electrons. The molecule has 0 amide bonds. The SMILES string of the molecule is CCS(=O)(=O)O.C[N+](C)(C)c1ccccc1. The van der Waals surface area contributed by atoms with Crippen molar-refractivity contribution in [1.29, 1.82) is 0 Å². The smallest absolute Gasteiger partial charge is 0.264 e. The molecule has 1 aromatic rings. The van der Waals surface area contributed by atoms with Gasteiger partial charge in [-0.05, 0) is 19.1 Å². The number of benzene rings is 1. The van der Waals surface area contributed by atoms with Crippen molar-refractivity contribution in [1.82, 2.24) is 4.48 Å². The summed E-state index contributed by atoms with van der Waals surface area (Å²) in [6, 6.07) is 10.5. The molecule has 1 rings (SSSR count). The minimum absolute atomic E-state index is 0.201.